The fourth-order valence-electron chi connectivity index (χ4n) is 5.19. The van der Waals surface area contributed by atoms with Crippen molar-refractivity contribution in [2.24, 2.45) is 0 Å². The number of nitrogens with zero attached hydrogens (tertiary/aromatic N) is 2. The second-order valence-electron chi connectivity index (χ2n) is 10.3. The van der Waals surface area contributed by atoms with Crippen LogP contribution in [0.25, 0.3) is 17.0 Å². The van der Waals surface area contributed by atoms with Crippen LogP contribution in [-0.4, -0.2) is 22.9 Å². The summed E-state index contributed by atoms with van der Waals surface area (Å²) in [5.41, 5.74) is 4.86. The number of nitrogens with one attached hydrogen (secondary N) is 1. The lowest BCUT2D eigenvalue weighted by molar-refractivity contribution is -0.610. The maximum atomic E-state index is 13.1. The predicted molar refractivity (Wildman–Crippen MR) is 154 cm³/mol. The van der Waals surface area contributed by atoms with Crippen molar-refractivity contribution in [3.8, 4) is 11.7 Å². The van der Waals surface area contributed by atoms with Gasteiger partial charge in [0.2, 0.25) is 0 Å². The minimum Gasteiger partial charge on any atom is -1.00 e. The highest BCUT2D eigenvalue weighted by molar-refractivity contribution is 8.76. The zero-order valence-corrected chi connectivity index (χ0v) is 25.8. The first-order valence-electron chi connectivity index (χ1n) is 11.9. The lowest BCUT2D eigenvalue weighted by Crippen LogP contribution is -3.00. The summed E-state index contributed by atoms with van der Waals surface area (Å²) < 4.78 is 7.68. The maximum Gasteiger partial charge on any atom is 0.402 e. The molecule has 0 spiro atoms. The molecule has 2 aromatic heterocycles. The predicted octanol–water partition coefficient (Wildman–Crippen LogP) is 4.55. The van der Waals surface area contributed by atoms with Gasteiger partial charge in [-0.05, 0) is 70.0 Å². The molecule has 2 aromatic carbocycles. The van der Waals surface area contributed by atoms with Crippen LogP contribution >= 0.6 is 44.8 Å². The Hall–Kier alpha value is -1.90. The van der Waals surface area contributed by atoms with Crippen molar-refractivity contribution in [2.75, 3.05) is 7.11 Å². The van der Waals surface area contributed by atoms with E-state index in [0.717, 1.165) is 44.1 Å². The number of Topliss-reactive ketones (excluding diaryl/α,β-unsaturated/α-hetero) is 1. The highest BCUT2D eigenvalue weighted by atomic mass is 35.5. The molecule has 0 aliphatic heterocycles. The van der Waals surface area contributed by atoms with E-state index >= 15 is 0 Å². The van der Waals surface area contributed by atoms with Crippen molar-refractivity contribution in [1.82, 2.24) is 9.97 Å². The largest absolute Gasteiger partial charge is 1.00 e. The minimum absolute atomic E-state index is 0. The number of hydrogen-bond acceptors (Lipinski definition) is 5. The van der Waals surface area contributed by atoms with Gasteiger partial charge in [0, 0.05) is 27.4 Å². The van der Waals surface area contributed by atoms with Gasteiger partial charge in [-0.1, -0.05) is 55.8 Å². The summed E-state index contributed by atoms with van der Waals surface area (Å²) >= 11 is 12.6. The Bertz CT molecular complexity index is 1510. The number of rotatable bonds is 6. The monoisotopic (exact) mass is 607 g/mol. The van der Waals surface area contributed by atoms with Crippen molar-refractivity contribution in [2.45, 2.75) is 56.1 Å². The third-order valence-electron chi connectivity index (χ3n) is 7.27. The molecule has 0 amide bonds. The van der Waals surface area contributed by atoms with Crippen molar-refractivity contribution >= 4 is 61.6 Å². The Morgan fingerprint density at radius 1 is 1.08 bits per heavy atom. The lowest BCUT2D eigenvalue weighted by Gasteiger charge is -2.21. The Labute approximate surface area is 246 Å². The van der Waals surface area contributed by atoms with E-state index in [-0.39, 0.29) is 18.2 Å². The molecule has 5 nitrogen and oxygen atoms in total. The molecule has 0 bridgehead atoms. The molecular formula is C28H28Cl3N3O2S2. The number of fused-ring (bicyclic) bond motifs is 2. The maximum absolute atomic E-state index is 13.1. The molecule has 2 heterocycles. The van der Waals surface area contributed by atoms with Crippen molar-refractivity contribution in [3.05, 3.63) is 75.0 Å². The average molecular weight is 609 g/mol. The summed E-state index contributed by atoms with van der Waals surface area (Å²) in [6.45, 7) is 10.1. The summed E-state index contributed by atoms with van der Waals surface area (Å²) in [7, 11) is 4.93. The van der Waals surface area contributed by atoms with Crippen LogP contribution < -0.4 is 21.7 Å². The van der Waals surface area contributed by atoms with Gasteiger partial charge in [-0.25, -0.2) is 9.55 Å². The van der Waals surface area contributed by atoms with Crippen LogP contribution in [0.4, 0.5) is 0 Å². The molecule has 0 saturated carbocycles. The highest BCUT2D eigenvalue weighted by Gasteiger charge is 2.50. The molecule has 4 aromatic rings. The molecule has 0 saturated heterocycles. The third kappa shape index (κ3) is 4.71. The molecule has 200 valence electrons. The van der Waals surface area contributed by atoms with E-state index in [2.05, 4.69) is 28.6 Å². The first-order chi connectivity index (χ1) is 17.5. The molecule has 0 unspecified atom stereocenters. The van der Waals surface area contributed by atoms with E-state index in [1.54, 1.807) is 34.8 Å². The van der Waals surface area contributed by atoms with E-state index in [1.807, 2.05) is 52.1 Å². The van der Waals surface area contributed by atoms with E-state index in [1.165, 1.54) is 0 Å². The fourth-order valence-corrected chi connectivity index (χ4v) is 8.08. The van der Waals surface area contributed by atoms with Gasteiger partial charge in [0.1, 0.15) is 17.0 Å². The number of carbonyl (C=O) groups excluding carboxylic acids is 1. The number of hydrogen-bond donors (Lipinski definition) is 1. The van der Waals surface area contributed by atoms with Gasteiger partial charge in [-0.3, -0.25) is 4.79 Å². The van der Waals surface area contributed by atoms with Crippen LogP contribution in [0.15, 0.2) is 47.5 Å². The van der Waals surface area contributed by atoms with Crippen LogP contribution in [0.2, 0.25) is 10.0 Å². The first-order valence-corrected chi connectivity index (χ1v) is 15.0. The average Bonchev–Trinajstić information content (AvgIpc) is 3.33. The molecule has 0 radical (unpaired) electrons. The minimum atomic E-state index is -0.545. The number of ketones is 1. The van der Waals surface area contributed by atoms with Gasteiger partial charge in [0.15, 0.2) is 11.3 Å². The van der Waals surface area contributed by atoms with Gasteiger partial charge in [0.25, 0.3) is 0 Å². The van der Waals surface area contributed by atoms with E-state index < -0.39 is 10.8 Å². The normalized spacial score (nSPS) is 15.4. The van der Waals surface area contributed by atoms with Crippen molar-refractivity contribution < 1.29 is 26.5 Å². The standard InChI is InChI=1S/C28H28Cl2N3O2S2.ClH/c1-15-21(14-36-37-23-9-7-8-18(29)24(23)30)33(11-10-22(15)35-6)26-31-19-12-16-17(13-20(19)32-26)28(4,5)25(34)27(16,2)3;/h7-13H,14H2,1-6H3,(H,31,32);1H/q+1;/p-1. The highest BCUT2D eigenvalue weighted by Crippen LogP contribution is 2.47. The SMILES string of the molecule is COc1cc[n+](-c2nc3cc4c(cc3[nH]2)C(C)(C)C(=O)C4(C)C)c(CSSc2cccc(Cl)c2Cl)c1C.[Cl-]. The molecular weight excluding hydrogens is 581 g/mol. The molecule has 5 rings (SSSR count). The van der Waals surface area contributed by atoms with Crippen LogP contribution in [-0.2, 0) is 21.4 Å². The summed E-state index contributed by atoms with van der Waals surface area (Å²) in [4.78, 5) is 22.5. The van der Waals surface area contributed by atoms with E-state index in [9.17, 15) is 4.79 Å². The molecule has 0 fully saturated rings. The number of aromatic amines is 1. The van der Waals surface area contributed by atoms with E-state index in [4.69, 9.17) is 32.9 Å². The zero-order valence-electron chi connectivity index (χ0n) is 21.9. The number of ether oxygens (including phenoxy) is 1. The Balaban J connectivity index is 0.00000336. The lowest BCUT2D eigenvalue weighted by atomic mass is 9.80. The molecule has 1 aliphatic carbocycles. The summed E-state index contributed by atoms with van der Waals surface area (Å²) in [6.07, 6.45) is 1.97. The van der Waals surface area contributed by atoms with Gasteiger partial charge < -0.3 is 17.1 Å². The summed E-state index contributed by atoms with van der Waals surface area (Å²) in [5.74, 6) is 2.45. The van der Waals surface area contributed by atoms with Crippen LogP contribution in [0.1, 0.15) is 50.1 Å². The molecule has 1 N–H and O–H groups in total. The molecule has 1 aliphatic rings. The fraction of sp³-hybridized carbons (Fsp3) is 0.321. The molecule has 0 atom stereocenters. The van der Waals surface area contributed by atoms with Gasteiger partial charge in [-0.2, -0.15) is 0 Å². The summed E-state index contributed by atoms with van der Waals surface area (Å²) in [5, 5.41) is 1.11. The smallest absolute Gasteiger partial charge is 0.402 e. The number of carbonyl (C=O) groups is 1. The number of benzene rings is 2. The van der Waals surface area contributed by atoms with Crippen LogP contribution in [0, 0.1) is 6.92 Å². The Kier molecular flexibility index (Phi) is 8.10. The topological polar surface area (TPSA) is 58.9 Å². The van der Waals surface area contributed by atoms with Crippen LogP contribution in [0.3, 0.4) is 0 Å². The van der Waals surface area contributed by atoms with Gasteiger partial charge in [0.05, 0.1) is 29.1 Å². The van der Waals surface area contributed by atoms with Gasteiger partial charge >= 0.3 is 5.95 Å². The number of pyridine rings is 1. The molecule has 10 heteroatoms. The third-order valence-corrected chi connectivity index (χ3v) is 10.5. The zero-order chi connectivity index (χ0) is 26.7. The van der Waals surface area contributed by atoms with Gasteiger partial charge in [-0.15, -0.1) is 0 Å². The number of halogens is 3. The van der Waals surface area contributed by atoms with Crippen molar-refractivity contribution in [1.29, 1.82) is 0 Å². The number of methoxy groups -OCH3 is 1. The number of aromatic nitrogens is 3. The number of H-pyrrole nitrogens is 1. The quantitative estimate of drug-likeness (QED) is 0.257. The molecule has 38 heavy (non-hydrogen) atoms. The second-order valence-corrected chi connectivity index (χ2v) is 13.4. The van der Waals surface area contributed by atoms with E-state index in [0.29, 0.717) is 21.7 Å². The van der Waals surface area contributed by atoms with Crippen LogP contribution in [0.5, 0.6) is 5.75 Å². The Morgan fingerprint density at radius 3 is 2.45 bits per heavy atom. The first kappa shape index (κ1) is 29.1. The van der Waals surface area contributed by atoms with Crippen molar-refractivity contribution in [3.63, 3.8) is 0 Å². The summed E-state index contributed by atoms with van der Waals surface area (Å²) in [6, 6.07) is 11.8. The second kappa shape index (κ2) is 10.6. The Morgan fingerprint density at radius 2 is 1.76 bits per heavy atom. The number of imidazole rings is 1.